The predicted octanol–water partition coefficient (Wildman–Crippen LogP) is 0.296. The van der Waals surface area contributed by atoms with Crippen molar-refractivity contribution in [2.75, 3.05) is 31.1 Å². The lowest BCUT2D eigenvalue weighted by Crippen LogP contribution is -2.68. The minimum atomic E-state index is -4.94. The van der Waals surface area contributed by atoms with Gasteiger partial charge < -0.3 is 14.7 Å². The summed E-state index contributed by atoms with van der Waals surface area (Å²) < 4.78 is 122. The molecule has 1 N–H and O–H groups in total. The first-order valence-corrected chi connectivity index (χ1v) is 15.1. The molecule has 0 amide bonds. The maximum absolute atomic E-state index is 13.4. The van der Waals surface area contributed by atoms with Gasteiger partial charge in [0, 0.05) is 46.6 Å². The van der Waals surface area contributed by atoms with Crippen LogP contribution in [0.4, 0.5) is 32.0 Å². The third-order valence-electron chi connectivity index (χ3n) is 7.72. The molecule has 46 heavy (non-hydrogen) atoms. The van der Waals surface area contributed by atoms with E-state index in [1.165, 1.54) is 27.7 Å². The zero-order valence-electron chi connectivity index (χ0n) is 23.7. The number of aryl methyl sites for hydroxylation is 2. The Balaban J connectivity index is 0.000000775. The fraction of sp³-hybridized carbons (Fsp3) is 0.333. The molecular weight excluding hydrogens is 650 g/mol. The second-order valence-corrected chi connectivity index (χ2v) is 11.7. The molecule has 16 heteroatoms. The summed E-state index contributed by atoms with van der Waals surface area (Å²) in [5, 5.41) is 10.9. The summed E-state index contributed by atoms with van der Waals surface area (Å²) in [5.41, 5.74) is 3.20. The minimum absolute atomic E-state index is 0.0223. The largest absolute Gasteiger partial charge is 0.478 e. The van der Waals surface area contributed by atoms with Gasteiger partial charge in [0.15, 0.2) is 0 Å². The maximum Gasteiger partial charge on any atom is 0.448 e. The molecule has 0 saturated carbocycles. The van der Waals surface area contributed by atoms with E-state index in [9.17, 15) is 36.2 Å². The van der Waals surface area contributed by atoms with Crippen LogP contribution in [-0.4, -0.2) is 49.6 Å². The van der Waals surface area contributed by atoms with Crippen molar-refractivity contribution in [2.24, 2.45) is 0 Å². The molecule has 0 aliphatic carbocycles. The summed E-state index contributed by atoms with van der Waals surface area (Å²) in [5.74, 6) is -0.719. The van der Waals surface area contributed by atoms with Crippen LogP contribution in [-0.2, 0) is 12.8 Å². The third kappa shape index (κ3) is 7.73. The topological polar surface area (TPSA) is 145 Å². The lowest BCUT2D eigenvalue weighted by Gasteiger charge is -2.34. The molecule has 0 bridgehead atoms. The zero-order chi connectivity index (χ0) is 33.6. The molecule has 0 spiro atoms. The second kappa shape index (κ2) is 12.4. The van der Waals surface area contributed by atoms with Crippen LogP contribution in [0, 0.1) is 10.2 Å². The van der Waals surface area contributed by atoms with Gasteiger partial charge in [-0.3, -0.25) is 0 Å². The third-order valence-corrected chi connectivity index (χ3v) is 7.72. The lowest BCUT2D eigenvalue weighted by molar-refractivity contribution is -2.00. The van der Waals surface area contributed by atoms with Gasteiger partial charge in [0.25, 0.3) is 0 Å². The number of rotatable bonds is 4. The van der Waals surface area contributed by atoms with Gasteiger partial charge in [-0.2, -0.15) is 26.3 Å². The van der Waals surface area contributed by atoms with Crippen LogP contribution >= 0.6 is 0 Å². The first kappa shape index (κ1) is 33.5. The number of anilines is 1. The first-order valence-electron chi connectivity index (χ1n) is 13.9. The molecule has 3 aliphatic rings. The van der Waals surface area contributed by atoms with Crippen molar-refractivity contribution in [3.63, 3.8) is 0 Å². The van der Waals surface area contributed by atoms with Crippen LogP contribution in [0.1, 0.15) is 45.5 Å². The molecule has 246 valence electrons. The van der Waals surface area contributed by atoms with Crippen LogP contribution in [0.3, 0.4) is 0 Å². The Labute approximate surface area is 259 Å². The number of carbonyl (C=O) groups is 1. The Morgan fingerprint density at radius 1 is 0.891 bits per heavy atom. The molecule has 0 fully saturated rings. The van der Waals surface area contributed by atoms with Crippen molar-refractivity contribution in [3.05, 3.63) is 86.9 Å². The summed E-state index contributed by atoms with van der Waals surface area (Å²) in [6.45, 7) is -1.85. The number of halogens is 7. The molecule has 3 heterocycles. The number of alkyl halides is 6. The summed E-state index contributed by atoms with van der Waals surface area (Å²) in [6, 6.07) is 13.0. The Morgan fingerprint density at radius 2 is 1.57 bits per heavy atom. The number of nitrogens with zero attached hydrogens (tertiary/aromatic N) is 2. The lowest BCUT2D eigenvalue weighted by atomic mass is 9.86. The molecule has 3 aliphatic heterocycles. The number of aromatic carboxylic acids is 1. The molecule has 0 saturated heterocycles. The molecule has 0 atom stereocenters. The van der Waals surface area contributed by atoms with E-state index in [0.717, 1.165) is 0 Å². The highest BCUT2D eigenvalue weighted by atomic mass is 35.7. The number of hydrogen-bond acceptors (Lipinski definition) is 7. The number of benzene rings is 3. The molecule has 9 nitrogen and oxygen atoms in total. The summed E-state index contributed by atoms with van der Waals surface area (Å²) in [6.07, 6.45) is -6.73. The SMILES string of the molecule is O=C(O)c1ccccc1C1=c2cc3c(cc2Oc2cc4c(cc21)CCCN4CC(F)(F)F)=[N+](CC(F)(F)F)CCC3.[O-][Cl+3]([O-])([O-])[O-]. The predicted molar refractivity (Wildman–Crippen MR) is 139 cm³/mol. The van der Waals surface area contributed by atoms with Crippen LogP contribution in [0.15, 0.2) is 48.5 Å². The van der Waals surface area contributed by atoms with Gasteiger partial charge in [-0.1, -0.05) is 18.2 Å². The van der Waals surface area contributed by atoms with Gasteiger partial charge >= 0.3 is 18.3 Å². The van der Waals surface area contributed by atoms with E-state index in [1.54, 1.807) is 30.3 Å². The molecule has 6 rings (SSSR count). The number of carboxylic acids is 1. The van der Waals surface area contributed by atoms with Crippen LogP contribution in [0.25, 0.3) is 5.57 Å². The number of hydrogen-bond donors (Lipinski definition) is 1. The van der Waals surface area contributed by atoms with E-state index in [2.05, 4.69) is 0 Å². The van der Waals surface area contributed by atoms with Gasteiger partial charge in [0.05, 0.1) is 11.6 Å². The van der Waals surface area contributed by atoms with Crippen molar-refractivity contribution in [3.8, 4) is 11.5 Å². The second-order valence-electron chi connectivity index (χ2n) is 10.9. The fourth-order valence-corrected chi connectivity index (χ4v) is 6.14. The Kier molecular flexibility index (Phi) is 9.00. The highest BCUT2D eigenvalue weighted by Gasteiger charge is 2.37. The normalized spacial score (nSPS) is 15.9. The van der Waals surface area contributed by atoms with Gasteiger partial charge in [-0.05, 0) is 48.6 Å². The highest BCUT2D eigenvalue weighted by Crippen LogP contribution is 2.43. The minimum Gasteiger partial charge on any atom is -0.478 e. The van der Waals surface area contributed by atoms with Crippen molar-refractivity contribution in [1.29, 1.82) is 0 Å². The van der Waals surface area contributed by atoms with Crippen LogP contribution < -0.4 is 43.4 Å². The molecule has 3 aromatic rings. The molecule has 3 aromatic carbocycles. The molecule has 0 unspecified atom stereocenters. The average Bonchev–Trinajstić information content (AvgIpc) is 2.92. The molecular formula is C30H25ClF6N2O7. The van der Waals surface area contributed by atoms with Crippen molar-refractivity contribution < 1.29 is 69.9 Å². The number of ether oxygens (including phenoxy) is 1. The standard InChI is InChI=1S/C30H24F6N2O3.ClHO4/c31-29(32,33)15-37-9-3-5-17-11-21-25(13-23(17)37)41-26-14-24-18(6-4-10-38(24)16-30(34,35)36)12-22(26)27(21)19-7-1-2-8-20(19)28(39)40;2-1(3,4)5/h1-2,7-8,11-14H,3-6,9-10,15-16H2;(H,2,3,4,5). The molecule has 0 radical (unpaired) electrons. The maximum atomic E-state index is 13.4. The Hall–Kier alpha value is -3.89. The molecule has 0 aromatic heterocycles. The Morgan fingerprint density at radius 3 is 2.22 bits per heavy atom. The summed E-state index contributed by atoms with van der Waals surface area (Å²) >= 11 is 0. The van der Waals surface area contributed by atoms with E-state index in [0.29, 0.717) is 69.8 Å². The van der Waals surface area contributed by atoms with Gasteiger partial charge in [-0.15, -0.1) is 10.2 Å². The van der Waals surface area contributed by atoms with E-state index < -0.39 is 41.7 Å². The van der Waals surface area contributed by atoms with Gasteiger partial charge in [0.1, 0.15) is 24.6 Å². The van der Waals surface area contributed by atoms with Crippen molar-refractivity contribution >= 4 is 17.2 Å². The first-order chi connectivity index (χ1) is 21.4. The highest BCUT2D eigenvalue weighted by molar-refractivity contribution is 5.98. The number of fused-ring (bicyclic) bond motifs is 4. The van der Waals surface area contributed by atoms with Crippen molar-refractivity contribution in [2.45, 2.75) is 38.0 Å². The number of carboxylic acid groups (broad SMARTS) is 1. The van der Waals surface area contributed by atoms with Gasteiger partial charge in [0.2, 0.25) is 11.9 Å². The monoisotopic (exact) mass is 674 g/mol. The summed E-state index contributed by atoms with van der Waals surface area (Å²) in [7, 11) is -4.94. The average molecular weight is 675 g/mol. The zero-order valence-corrected chi connectivity index (χ0v) is 24.5. The smallest absolute Gasteiger partial charge is 0.448 e. The van der Waals surface area contributed by atoms with E-state index >= 15 is 0 Å². The van der Waals surface area contributed by atoms with Crippen LogP contribution in [0.2, 0.25) is 0 Å². The van der Waals surface area contributed by atoms with E-state index in [4.69, 9.17) is 23.4 Å². The van der Waals surface area contributed by atoms with E-state index in [-0.39, 0.29) is 30.2 Å². The van der Waals surface area contributed by atoms with Crippen LogP contribution in [0.5, 0.6) is 11.5 Å². The fourth-order valence-electron chi connectivity index (χ4n) is 6.14. The van der Waals surface area contributed by atoms with Crippen molar-refractivity contribution in [1.82, 2.24) is 4.58 Å². The Bertz CT molecular complexity index is 1800. The van der Waals surface area contributed by atoms with Gasteiger partial charge in [-0.25, -0.2) is 28.0 Å². The van der Waals surface area contributed by atoms with E-state index in [1.807, 2.05) is 0 Å². The quantitative estimate of drug-likeness (QED) is 0.241. The summed E-state index contributed by atoms with van der Waals surface area (Å²) in [4.78, 5) is 13.5.